The van der Waals surface area contributed by atoms with E-state index in [1.807, 2.05) is 36.5 Å². The van der Waals surface area contributed by atoms with Crippen LogP contribution >= 0.6 is 12.4 Å². The summed E-state index contributed by atoms with van der Waals surface area (Å²) in [6.07, 6.45) is 3.90. The fourth-order valence-electron chi connectivity index (χ4n) is 3.11. The number of methoxy groups -OCH3 is 2. The molecule has 0 saturated carbocycles. The van der Waals surface area contributed by atoms with Gasteiger partial charge in [-0.3, -0.25) is 0 Å². The van der Waals surface area contributed by atoms with E-state index < -0.39 is 0 Å². The van der Waals surface area contributed by atoms with E-state index in [9.17, 15) is 0 Å². The molecule has 0 saturated heterocycles. The van der Waals surface area contributed by atoms with Crippen LogP contribution in [0, 0.1) is 0 Å². The van der Waals surface area contributed by atoms with E-state index in [2.05, 4.69) is 17.1 Å². The van der Waals surface area contributed by atoms with Crippen LogP contribution in [0.5, 0.6) is 11.5 Å². The van der Waals surface area contributed by atoms with Crippen LogP contribution in [-0.2, 0) is 12.8 Å². The van der Waals surface area contributed by atoms with E-state index in [1.165, 1.54) is 16.7 Å². The quantitative estimate of drug-likeness (QED) is 0.701. The molecule has 25 heavy (non-hydrogen) atoms. The van der Waals surface area contributed by atoms with Crippen molar-refractivity contribution in [2.24, 2.45) is 0 Å². The summed E-state index contributed by atoms with van der Waals surface area (Å²) >= 11 is 0. The van der Waals surface area contributed by atoms with Crippen LogP contribution < -0.4 is 9.47 Å². The SMILES string of the molecule is COc1ccc(-c2ncc3c(n2)-c2ccc(OC)cc2CC3)cc1.Cl. The molecule has 128 valence electrons. The first-order chi connectivity index (χ1) is 11.8. The van der Waals surface area contributed by atoms with Gasteiger partial charge in [0.2, 0.25) is 0 Å². The maximum absolute atomic E-state index is 5.34. The molecule has 0 atom stereocenters. The first-order valence-corrected chi connectivity index (χ1v) is 7.96. The second-order valence-electron chi connectivity index (χ2n) is 5.82. The largest absolute Gasteiger partial charge is 0.497 e. The lowest BCUT2D eigenvalue weighted by atomic mass is 9.89. The van der Waals surface area contributed by atoms with Crippen molar-refractivity contribution in [1.82, 2.24) is 9.97 Å². The lowest BCUT2D eigenvalue weighted by molar-refractivity contribution is 0.414. The van der Waals surface area contributed by atoms with Crippen molar-refractivity contribution in [1.29, 1.82) is 0 Å². The molecule has 0 bridgehead atoms. The number of hydrogen-bond acceptors (Lipinski definition) is 4. The molecule has 0 spiro atoms. The highest BCUT2D eigenvalue weighted by atomic mass is 35.5. The van der Waals surface area contributed by atoms with Crippen LogP contribution in [0.1, 0.15) is 11.1 Å². The summed E-state index contributed by atoms with van der Waals surface area (Å²) in [5.41, 5.74) is 5.67. The van der Waals surface area contributed by atoms with Gasteiger partial charge in [-0.15, -0.1) is 12.4 Å². The molecule has 0 unspecified atom stereocenters. The van der Waals surface area contributed by atoms with Gasteiger partial charge in [-0.05, 0) is 66.4 Å². The Morgan fingerprint density at radius 3 is 2.24 bits per heavy atom. The normalized spacial score (nSPS) is 11.8. The first kappa shape index (κ1) is 17.2. The van der Waals surface area contributed by atoms with Crippen molar-refractivity contribution in [3.8, 4) is 34.1 Å². The minimum Gasteiger partial charge on any atom is -0.497 e. The Morgan fingerprint density at radius 1 is 0.840 bits per heavy atom. The van der Waals surface area contributed by atoms with Crippen LogP contribution in [0.25, 0.3) is 22.6 Å². The zero-order chi connectivity index (χ0) is 16.5. The molecule has 0 amide bonds. The number of benzene rings is 2. The van der Waals surface area contributed by atoms with Crippen molar-refractivity contribution >= 4 is 12.4 Å². The van der Waals surface area contributed by atoms with Crippen molar-refractivity contribution in [3.05, 3.63) is 59.8 Å². The smallest absolute Gasteiger partial charge is 0.159 e. The molecule has 0 radical (unpaired) electrons. The van der Waals surface area contributed by atoms with Crippen LogP contribution in [0.3, 0.4) is 0 Å². The number of aromatic nitrogens is 2. The highest BCUT2D eigenvalue weighted by molar-refractivity contribution is 5.85. The second kappa shape index (κ2) is 7.11. The van der Waals surface area contributed by atoms with Gasteiger partial charge in [0.25, 0.3) is 0 Å². The highest BCUT2D eigenvalue weighted by Gasteiger charge is 2.19. The first-order valence-electron chi connectivity index (χ1n) is 7.96. The maximum Gasteiger partial charge on any atom is 0.159 e. The number of nitrogens with zero attached hydrogens (tertiary/aromatic N) is 2. The zero-order valence-electron chi connectivity index (χ0n) is 14.2. The molecule has 4 rings (SSSR count). The van der Waals surface area contributed by atoms with Crippen LogP contribution in [0.4, 0.5) is 0 Å². The van der Waals surface area contributed by atoms with Gasteiger partial charge in [0.1, 0.15) is 11.5 Å². The average Bonchev–Trinajstić information content (AvgIpc) is 2.67. The van der Waals surface area contributed by atoms with Crippen LogP contribution in [0.2, 0.25) is 0 Å². The van der Waals surface area contributed by atoms with E-state index in [-0.39, 0.29) is 12.4 Å². The topological polar surface area (TPSA) is 44.2 Å². The monoisotopic (exact) mass is 354 g/mol. The predicted octanol–water partition coefficient (Wildman–Crippen LogP) is 4.35. The minimum absolute atomic E-state index is 0. The number of ether oxygens (including phenoxy) is 2. The zero-order valence-corrected chi connectivity index (χ0v) is 15.0. The van der Waals surface area contributed by atoms with E-state index >= 15 is 0 Å². The molecule has 1 aliphatic carbocycles. The van der Waals surface area contributed by atoms with Gasteiger partial charge in [0.05, 0.1) is 19.9 Å². The van der Waals surface area contributed by atoms with Crippen LogP contribution in [-0.4, -0.2) is 24.2 Å². The summed E-state index contributed by atoms with van der Waals surface area (Å²) in [7, 11) is 3.36. The molecule has 5 heteroatoms. The average molecular weight is 355 g/mol. The molecular formula is C20H19ClN2O2. The molecular weight excluding hydrogens is 336 g/mol. The van der Waals surface area contributed by atoms with Crippen molar-refractivity contribution in [3.63, 3.8) is 0 Å². The van der Waals surface area contributed by atoms with Gasteiger partial charge in [-0.25, -0.2) is 9.97 Å². The summed E-state index contributed by atoms with van der Waals surface area (Å²) in [5.74, 6) is 2.45. The Hall–Kier alpha value is -2.59. The highest BCUT2D eigenvalue weighted by Crippen LogP contribution is 2.35. The fourth-order valence-corrected chi connectivity index (χ4v) is 3.11. The Morgan fingerprint density at radius 2 is 1.52 bits per heavy atom. The summed E-state index contributed by atoms with van der Waals surface area (Å²) < 4.78 is 10.5. The molecule has 2 aromatic carbocycles. The van der Waals surface area contributed by atoms with E-state index in [0.29, 0.717) is 0 Å². The number of halogens is 1. The Kier molecular flexibility index (Phi) is 4.91. The molecule has 1 aromatic heterocycles. The number of fused-ring (bicyclic) bond motifs is 3. The standard InChI is InChI=1S/C20H18N2O2.ClH/c1-23-16-7-5-13(6-8-16)20-21-12-15-4-3-14-11-17(24-2)9-10-18(14)19(15)22-20;/h5-12H,3-4H2,1-2H3;1H. The summed E-state index contributed by atoms with van der Waals surface area (Å²) in [4.78, 5) is 9.39. The van der Waals surface area contributed by atoms with Crippen molar-refractivity contribution in [2.45, 2.75) is 12.8 Å². The third-order valence-electron chi connectivity index (χ3n) is 4.44. The molecule has 3 aromatic rings. The summed E-state index contributed by atoms with van der Waals surface area (Å²) in [6.45, 7) is 0. The van der Waals surface area contributed by atoms with Gasteiger partial charge >= 0.3 is 0 Å². The Labute approximate surface area is 153 Å². The molecule has 1 heterocycles. The summed E-state index contributed by atoms with van der Waals surface area (Å²) in [5, 5.41) is 0. The number of hydrogen-bond donors (Lipinski definition) is 0. The predicted molar refractivity (Wildman–Crippen MR) is 101 cm³/mol. The summed E-state index contributed by atoms with van der Waals surface area (Å²) in [6, 6.07) is 14.0. The van der Waals surface area contributed by atoms with Gasteiger partial charge in [-0.1, -0.05) is 0 Å². The van der Waals surface area contributed by atoms with E-state index in [0.717, 1.165) is 41.4 Å². The molecule has 1 aliphatic rings. The second-order valence-corrected chi connectivity index (χ2v) is 5.82. The fraction of sp³-hybridized carbons (Fsp3) is 0.200. The number of aryl methyl sites for hydroxylation is 2. The molecule has 0 N–H and O–H groups in total. The Balaban J connectivity index is 0.00000182. The lowest BCUT2D eigenvalue weighted by Crippen LogP contribution is -2.08. The van der Waals surface area contributed by atoms with Gasteiger partial charge < -0.3 is 9.47 Å². The third kappa shape index (κ3) is 3.17. The minimum atomic E-state index is 0. The van der Waals surface area contributed by atoms with E-state index in [1.54, 1.807) is 14.2 Å². The maximum atomic E-state index is 5.34. The van der Waals surface area contributed by atoms with Crippen molar-refractivity contribution in [2.75, 3.05) is 14.2 Å². The van der Waals surface area contributed by atoms with Crippen molar-refractivity contribution < 1.29 is 9.47 Å². The third-order valence-corrected chi connectivity index (χ3v) is 4.44. The van der Waals surface area contributed by atoms with Gasteiger partial charge in [-0.2, -0.15) is 0 Å². The van der Waals surface area contributed by atoms with Gasteiger partial charge in [0.15, 0.2) is 5.82 Å². The number of rotatable bonds is 3. The molecule has 0 fully saturated rings. The molecule has 4 nitrogen and oxygen atoms in total. The Bertz CT molecular complexity index is 895. The van der Waals surface area contributed by atoms with Crippen LogP contribution in [0.15, 0.2) is 48.7 Å². The van der Waals surface area contributed by atoms with E-state index in [4.69, 9.17) is 14.5 Å². The van der Waals surface area contributed by atoms with Gasteiger partial charge in [0, 0.05) is 17.3 Å². The lowest BCUT2D eigenvalue weighted by Gasteiger charge is -2.19. The molecule has 0 aliphatic heterocycles.